The average molecular weight is 238 g/mol. The third-order valence-electron chi connectivity index (χ3n) is 2.39. The van der Waals surface area contributed by atoms with Crippen LogP contribution in [0.25, 0.3) is 0 Å². The van der Waals surface area contributed by atoms with Crippen LogP contribution in [0.2, 0.25) is 0 Å². The van der Waals surface area contributed by atoms with Gasteiger partial charge in [-0.2, -0.15) is 0 Å². The molecule has 0 unspecified atom stereocenters. The number of nitrogens with two attached hydrogens (primary N) is 2. The standard InChI is InChI=1S/C11H18N4O2/c1-7(2)15(3-4-16)11-9(10(13)17)5-8(12)6-14-11/h5-7,16H,3-4,12H2,1-2H3,(H2,13,17). The Bertz CT molecular complexity index is 406. The number of carbonyl (C=O) groups is 1. The van der Waals surface area contributed by atoms with E-state index in [2.05, 4.69) is 4.98 Å². The van der Waals surface area contributed by atoms with Gasteiger partial charge in [0.2, 0.25) is 0 Å². The lowest BCUT2D eigenvalue weighted by molar-refractivity contribution is 0.100. The summed E-state index contributed by atoms with van der Waals surface area (Å²) < 4.78 is 0. The van der Waals surface area contributed by atoms with Gasteiger partial charge in [-0.3, -0.25) is 4.79 Å². The van der Waals surface area contributed by atoms with Gasteiger partial charge in [0.25, 0.3) is 5.91 Å². The van der Waals surface area contributed by atoms with Gasteiger partial charge in [-0.25, -0.2) is 4.98 Å². The number of carbonyl (C=O) groups excluding carboxylic acids is 1. The molecule has 17 heavy (non-hydrogen) atoms. The summed E-state index contributed by atoms with van der Waals surface area (Å²) in [6.07, 6.45) is 1.47. The van der Waals surface area contributed by atoms with E-state index in [1.165, 1.54) is 12.3 Å². The van der Waals surface area contributed by atoms with E-state index < -0.39 is 5.91 Å². The van der Waals surface area contributed by atoms with Crippen molar-refractivity contribution < 1.29 is 9.90 Å². The predicted octanol–water partition coefficient (Wildman–Crippen LogP) is -0.0302. The van der Waals surface area contributed by atoms with Crippen LogP contribution in [0.1, 0.15) is 24.2 Å². The minimum Gasteiger partial charge on any atom is -0.397 e. The van der Waals surface area contributed by atoms with Crippen LogP contribution in [-0.4, -0.2) is 35.2 Å². The van der Waals surface area contributed by atoms with E-state index >= 15 is 0 Å². The SMILES string of the molecule is CC(C)N(CCO)c1ncc(N)cc1C(N)=O. The zero-order valence-electron chi connectivity index (χ0n) is 10.1. The number of rotatable bonds is 5. The molecule has 0 aliphatic carbocycles. The fraction of sp³-hybridized carbons (Fsp3) is 0.455. The number of amides is 1. The summed E-state index contributed by atoms with van der Waals surface area (Å²) in [6, 6.07) is 1.59. The monoisotopic (exact) mass is 238 g/mol. The number of aliphatic hydroxyl groups is 1. The van der Waals surface area contributed by atoms with Crippen LogP contribution in [0.3, 0.4) is 0 Å². The van der Waals surface area contributed by atoms with Crippen LogP contribution >= 0.6 is 0 Å². The van der Waals surface area contributed by atoms with E-state index in [0.29, 0.717) is 18.1 Å². The molecule has 1 rings (SSSR count). The quantitative estimate of drug-likeness (QED) is 0.668. The second-order valence-corrected chi connectivity index (χ2v) is 4.01. The van der Waals surface area contributed by atoms with Gasteiger partial charge in [-0.05, 0) is 19.9 Å². The molecular formula is C11H18N4O2. The molecule has 1 amide bonds. The highest BCUT2D eigenvalue weighted by Gasteiger charge is 2.18. The molecule has 0 atom stereocenters. The first kappa shape index (κ1) is 13.2. The third kappa shape index (κ3) is 3.07. The van der Waals surface area contributed by atoms with E-state index in [1.54, 1.807) is 4.90 Å². The number of nitrogens with zero attached hydrogens (tertiary/aromatic N) is 2. The maximum Gasteiger partial charge on any atom is 0.252 e. The molecule has 0 spiro atoms. The van der Waals surface area contributed by atoms with Crippen LogP contribution in [0, 0.1) is 0 Å². The second-order valence-electron chi connectivity index (χ2n) is 4.01. The van der Waals surface area contributed by atoms with Gasteiger partial charge in [0.15, 0.2) is 0 Å². The zero-order valence-corrected chi connectivity index (χ0v) is 10.1. The first-order chi connectivity index (χ1) is 7.97. The fourth-order valence-corrected chi connectivity index (χ4v) is 1.60. The first-order valence-electron chi connectivity index (χ1n) is 5.40. The van der Waals surface area contributed by atoms with Gasteiger partial charge in [-0.15, -0.1) is 0 Å². The summed E-state index contributed by atoms with van der Waals surface area (Å²) >= 11 is 0. The van der Waals surface area contributed by atoms with Crippen molar-refractivity contribution >= 4 is 17.4 Å². The Morgan fingerprint density at radius 2 is 2.24 bits per heavy atom. The third-order valence-corrected chi connectivity index (χ3v) is 2.39. The smallest absolute Gasteiger partial charge is 0.252 e. The van der Waals surface area contributed by atoms with Crippen LogP contribution in [0.5, 0.6) is 0 Å². The number of hydrogen-bond acceptors (Lipinski definition) is 5. The highest BCUT2D eigenvalue weighted by atomic mass is 16.3. The molecule has 0 fully saturated rings. The van der Waals surface area contributed by atoms with E-state index in [4.69, 9.17) is 16.6 Å². The number of pyridine rings is 1. The molecule has 6 heteroatoms. The minimum atomic E-state index is -0.580. The topological polar surface area (TPSA) is 105 Å². The van der Waals surface area contributed by atoms with E-state index in [1.807, 2.05) is 13.8 Å². The van der Waals surface area contributed by atoms with Crippen molar-refractivity contribution in [3.63, 3.8) is 0 Å². The molecular weight excluding hydrogens is 220 g/mol. The molecule has 0 saturated carbocycles. The van der Waals surface area contributed by atoms with Crippen molar-refractivity contribution in [3.05, 3.63) is 17.8 Å². The van der Waals surface area contributed by atoms with Gasteiger partial charge < -0.3 is 21.5 Å². The molecule has 0 aliphatic heterocycles. The molecule has 1 aromatic heterocycles. The van der Waals surface area contributed by atoms with E-state index in [9.17, 15) is 4.79 Å². The summed E-state index contributed by atoms with van der Waals surface area (Å²) in [4.78, 5) is 17.3. The Kier molecular flexibility index (Phi) is 4.28. The molecule has 1 heterocycles. The fourth-order valence-electron chi connectivity index (χ4n) is 1.60. The Morgan fingerprint density at radius 3 is 2.71 bits per heavy atom. The number of aromatic nitrogens is 1. The van der Waals surface area contributed by atoms with Gasteiger partial charge in [0.05, 0.1) is 24.1 Å². The van der Waals surface area contributed by atoms with E-state index in [0.717, 1.165) is 0 Å². The van der Waals surface area contributed by atoms with Crippen molar-refractivity contribution in [2.45, 2.75) is 19.9 Å². The number of nitrogen functional groups attached to an aromatic ring is 1. The first-order valence-corrected chi connectivity index (χ1v) is 5.40. The largest absolute Gasteiger partial charge is 0.397 e. The lowest BCUT2D eigenvalue weighted by Gasteiger charge is -2.28. The summed E-state index contributed by atoms with van der Waals surface area (Å²) in [5.74, 6) is -0.126. The molecule has 0 aromatic carbocycles. The van der Waals surface area contributed by atoms with Crippen LogP contribution < -0.4 is 16.4 Å². The summed E-state index contributed by atoms with van der Waals surface area (Å²) in [5.41, 5.74) is 11.5. The van der Waals surface area contributed by atoms with Crippen LogP contribution in [0.4, 0.5) is 11.5 Å². The van der Waals surface area contributed by atoms with Crippen molar-refractivity contribution in [1.82, 2.24) is 4.98 Å². The minimum absolute atomic E-state index is 0.0254. The molecule has 94 valence electrons. The average Bonchev–Trinajstić information content (AvgIpc) is 2.26. The van der Waals surface area contributed by atoms with Gasteiger partial charge in [0.1, 0.15) is 5.82 Å². The zero-order chi connectivity index (χ0) is 13.0. The Hall–Kier alpha value is -1.82. The number of aliphatic hydroxyl groups excluding tert-OH is 1. The number of hydrogen-bond donors (Lipinski definition) is 3. The summed E-state index contributed by atoms with van der Waals surface area (Å²) in [7, 11) is 0. The number of primary amides is 1. The maximum atomic E-state index is 11.3. The van der Waals surface area contributed by atoms with Gasteiger partial charge in [0, 0.05) is 12.6 Å². The lowest BCUT2D eigenvalue weighted by Crippen LogP contribution is -2.36. The molecule has 0 aliphatic rings. The van der Waals surface area contributed by atoms with Crippen molar-refractivity contribution in [2.24, 2.45) is 5.73 Å². The molecule has 5 N–H and O–H groups in total. The Morgan fingerprint density at radius 1 is 1.59 bits per heavy atom. The normalized spacial score (nSPS) is 10.6. The molecule has 0 saturated heterocycles. The van der Waals surface area contributed by atoms with Gasteiger partial charge in [-0.1, -0.05) is 0 Å². The van der Waals surface area contributed by atoms with Crippen LogP contribution in [0.15, 0.2) is 12.3 Å². The van der Waals surface area contributed by atoms with Crippen LogP contribution in [-0.2, 0) is 0 Å². The van der Waals surface area contributed by atoms with Crippen molar-refractivity contribution in [1.29, 1.82) is 0 Å². The Labute approximate surface area is 100 Å². The van der Waals surface area contributed by atoms with Crippen molar-refractivity contribution in [3.8, 4) is 0 Å². The summed E-state index contributed by atoms with van der Waals surface area (Å²) in [5, 5.41) is 9.02. The highest BCUT2D eigenvalue weighted by molar-refractivity contribution is 5.98. The lowest BCUT2D eigenvalue weighted by atomic mass is 10.2. The van der Waals surface area contributed by atoms with Crippen molar-refractivity contribution in [2.75, 3.05) is 23.8 Å². The molecule has 0 bridgehead atoms. The van der Waals surface area contributed by atoms with Gasteiger partial charge >= 0.3 is 0 Å². The highest BCUT2D eigenvalue weighted by Crippen LogP contribution is 2.21. The molecule has 6 nitrogen and oxygen atoms in total. The summed E-state index contributed by atoms with van der Waals surface area (Å²) in [6.45, 7) is 4.24. The van der Waals surface area contributed by atoms with E-state index in [-0.39, 0.29) is 18.2 Å². The number of anilines is 2. The predicted molar refractivity (Wildman–Crippen MR) is 66.7 cm³/mol. The Balaban J connectivity index is 3.22. The maximum absolute atomic E-state index is 11.3. The molecule has 0 radical (unpaired) electrons. The second kappa shape index (κ2) is 5.49. The molecule has 1 aromatic rings.